The van der Waals surface area contributed by atoms with Crippen LogP contribution in [0.4, 0.5) is 11.4 Å². The fourth-order valence-electron chi connectivity index (χ4n) is 2.57. The number of amides is 1. The van der Waals surface area contributed by atoms with Crippen molar-refractivity contribution in [1.29, 1.82) is 0 Å². The second kappa shape index (κ2) is 7.69. The highest BCUT2D eigenvalue weighted by Gasteiger charge is 2.18. The van der Waals surface area contributed by atoms with Gasteiger partial charge in [0, 0.05) is 31.4 Å². The predicted molar refractivity (Wildman–Crippen MR) is 100 cm³/mol. The number of carbonyl (C=O) groups is 1. The molecular weight excluding hydrogens is 348 g/mol. The summed E-state index contributed by atoms with van der Waals surface area (Å²) < 4.78 is 5.40. The molecule has 0 saturated heterocycles. The number of likely N-dealkylation sites (N-methyl/N-ethyl adjacent to an activating group) is 1. The average molecular weight is 366 g/mol. The smallest absolute Gasteiger partial charge is 0.275 e. The van der Waals surface area contributed by atoms with E-state index in [4.69, 9.17) is 10.2 Å². The zero-order valence-electron chi connectivity index (χ0n) is 14.7. The van der Waals surface area contributed by atoms with Crippen molar-refractivity contribution in [1.82, 2.24) is 9.88 Å². The number of carbonyl (C=O) groups excluding carboxylic acids is 1. The third-order valence-electron chi connectivity index (χ3n) is 4.14. The molecule has 0 radical (unpaired) electrons. The number of hydrogen-bond acceptors (Lipinski definition) is 6. The molecule has 0 aliphatic heterocycles. The van der Waals surface area contributed by atoms with Gasteiger partial charge in [0.05, 0.1) is 10.5 Å². The summed E-state index contributed by atoms with van der Waals surface area (Å²) >= 11 is 0. The summed E-state index contributed by atoms with van der Waals surface area (Å²) in [7, 11) is 1.67. The van der Waals surface area contributed by atoms with Crippen LogP contribution in [0.25, 0.3) is 11.5 Å². The number of non-ortho nitro benzene ring substituents is 1. The van der Waals surface area contributed by atoms with E-state index >= 15 is 0 Å². The first-order chi connectivity index (χ1) is 13.0. The van der Waals surface area contributed by atoms with E-state index in [-0.39, 0.29) is 17.3 Å². The Bertz CT molecular complexity index is 966. The number of nitrogens with two attached hydrogens (primary N) is 1. The van der Waals surface area contributed by atoms with E-state index in [1.807, 2.05) is 6.07 Å². The zero-order valence-corrected chi connectivity index (χ0v) is 14.7. The van der Waals surface area contributed by atoms with Crippen molar-refractivity contribution >= 4 is 17.3 Å². The summed E-state index contributed by atoms with van der Waals surface area (Å²) in [4.78, 5) is 28.5. The van der Waals surface area contributed by atoms with E-state index in [2.05, 4.69) is 4.98 Å². The number of nitro benzene ring substituents is 1. The topological polar surface area (TPSA) is 116 Å². The standard InChI is InChI=1S/C19H18N4O4/c1-22(11-10-13-6-8-14(9-7-13)23(25)26)19(24)17-12-27-18(21-17)15-4-2-3-5-16(15)20/h2-9,12H,10-11,20H2,1H3. The molecule has 0 unspecified atom stereocenters. The van der Waals surface area contributed by atoms with Gasteiger partial charge in [0.2, 0.25) is 5.89 Å². The molecule has 2 N–H and O–H groups in total. The molecular formula is C19H18N4O4. The molecule has 3 rings (SSSR count). The van der Waals surface area contributed by atoms with E-state index in [1.165, 1.54) is 23.3 Å². The van der Waals surface area contributed by atoms with Gasteiger partial charge in [0.25, 0.3) is 11.6 Å². The van der Waals surface area contributed by atoms with Crippen molar-refractivity contribution in [3.8, 4) is 11.5 Å². The van der Waals surface area contributed by atoms with Crippen molar-refractivity contribution in [2.45, 2.75) is 6.42 Å². The molecule has 8 nitrogen and oxygen atoms in total. The summed E-state index contributed by atoms with van der Waals surface area (Å²) in [5.41, 5.74) is 8.19. The lowest BCUT2D eigenvalue weighted by atomic mass is 10.1. The SMILES string of the molecule is CN(CCc1ccc([N+](=O)[O-])cc1)C(=O)c1coc(-c2ccccc2N)n1. The Labute approximate surface area is 155 Å². The highest BCUT2D eigenvalue weighted by molar-refractivity contribution is 5.92. The molecule has 0 spiro atoms. The van der Waals surface area contributed by atoms with Crippen LogP contribution < -0.4 is 5.73 Å². The Balaban J connectivity index is 1.64. The number of nitrogens with zero attached hydrogens (tertiary/aromatic N) is 3. The lowest BCUT2D eigenvalue weighted by molar-refractivity contribution is -0.384. The van der Waals surface area contributed by atoms with E-state index in [9.17, 15) is 14.9 Å². The Kier molecular flexibility index (Phi) is 5.16. The van der Waals surface area contributed by atoms with Gasteiger partial charge in [-0.05, 0) is 24.1 Å². The van der Waals surface area contributed by atoms with Crippen LogP contribution in [0.1, 0.15) is 16.1 Å². The lowest BCUT2D eigenvalue weighted by Crippen LogP contribution is -2.29. The van der Waals surface area contributed by atoms with Gasteiger partial charge in [-0.15, -0.1) is 0 Å². The first kappa shape index (κ1) is 18.1. The van der Waals surface area contributed by atoms with Gasteiger partial charge in [-0.2, -0.15) is 0 Å². The second-order valence-electron chi connectivity index (χ2n) is 6.03. The maximum absolute atomic E-state index is 12.5. The van der Waals surface area contributed by atoms with Gasteiger partial charge in [-0.1, -0.05) is 24.3 Å². The number of hydrogen-bond donors (Lipinski definition) is 1. The molecule has 138 valence electrons. The Morgan fingerprint density at radius 3 is 2.59 bits per heavy atom. The number of anilines is 1. The minimum absolute atomic E-state index is 0.0403. The number of rotatable bonds is 6. The summed E-state index contributed by atoms with van der Waals surface area (Å²) in [6.07, 6.45) is 1.88. The van der Waals surface area contributed by atoms with Gasteiger partial charge >= 0.3 is 0 Å². The zero-order chi connectivity index (χ0) is 19.4. The average Bonchev–Trinajstić information content (AvgIpc) is 3.16. The molecule has 0 aliphatic rings. The van der Waals surface area contributed by atoms with Crippen LogP contribution in [-0.2, 0) is 6.42 Å². The molecule has 2 aromatic carbocycles. The van der Waals surface area contributed by atoms with E-state index in [0.717, 1.165) is 5.56 Å². The van der Waals surface area contributed by atoms with Crippen LogP contribution in [0.5, 0.6) is 0 Å². The summed E-state index contributed by atoms with van der Waals surface area (Å²) in [6.45, 7) is 0.437. The number of nitro groups is 1. The Hall–Kier alpha value is -3.68. The van der Waals surface area contributed by atoms with Crippen molar-refractivity contribution in [2.75, 3.05) is 19.3 Å². The number of para-hydroxylation sites is 1. The summed E-state index contributed by atoms with van der Waals surface area (Å²) in [5, 5.41) is 10.7. The molecule has 0 atom stereocenters. The fourth-order valence-corrected chi connectivity index (χ4v) is 2.57. The van der Waals surface area contributed by atoms with Gasteiger partial charge in [0.15, 0.2) is 5.69 Å². The predicted octanol–water partition coefficient (Wildman–Crippen LogP) is 3.15. The third kappa shape index (κ3) is 4.12. The number of nitrogen functional groups attached to an aromatic ring is 1. The summed E-state index contributed by atoms with van der Waals surface area (Å²) in [5.74, 6) is 0.0154. The van der Waals surface area contributed by atoms with Crippen LogP contribution >= 0.6 is 0 Å². The van der Waals surface area contributed by atoms with E-state index in [1.54, 1.807) is 37.4 Å². The molecule has 0 fully saturated rings. The summed E-state index contributed by atoms with van der Waals surface area (Å²) in [6, 6.07) is 13.4. The van der Waals surface area contributed by atoms with Crippen LogP contribution in [0.2, 0.25) is 0 Å². The maximum atomic E-state index is 12.5. The van der Waals surface area contributed by atoms with Crippen LogP contribution in [0, 0.1) is 10.1 Å². The molecule has 0 bridgehead atoms. The number of oxazole rings is 1. The second-order valence-corrected chi connectivity index (χ2v) is 6.03. The van der Waals surface area contributed by atoms with Gasteiger partial charge < -0.3 is 15.1 Å². The largest absolute Gasteiger partial charge is 0.444 e. The monoisotopic (exact) mass is 366 g/mol. The Morgan fingerprint density at radius 2 is 1.93 bits per heavy atom. The van der Waals surface area contributed by atoms with Crippen molar-refractivity contribution < 1.29 is 14.1 Å². The minimum atomic E-state index is -0.443. The molecule has 1 amide bonds. The fraction of sp³-hybridized carbons (Fsp3) is 0.158. The molecule has 0 saturated carbocycles. The quantitative estimate of drug-likeness (QED) is 0.407. The van der Waals surface area contributed by atoms with Crippen molar-refractivity contribution in [2.24, 2.45) is 0 Å². The highest BCUT2D eigenvalue weighted by Crippen LogP contribution is 2.24. The van der Waals surface area contributed by atoms with Crippen LogP contribution in [0.3, 0.4) is 0 Å². The highest BCUT2D eigenvalue weighted by atomic mass is 16.6. The Morgan fingerprint density at radius 1 is 1.22 bits per heavy atom. The number of benzene rings is 2. The maximum Gasteiger partial charge on any atom is 0.275 e. The number of aromatic nitrogens is 1. The van der Waals surface area contributed by atoms with E-state index in [0.29, 0.717) is 30.1 Å². The molecule has 1 aromatic heterocycles. The third-order valence-corrected chi connectivity index (χ3v) is 4.14. The normalized spacial score (nSPS) is 10.6. The molecule has 0 aliphatic carbocycles. The first-order valence-corrected chi connectivity index (χ1v) is 8.25. The van der Waals surface area contributed by atoms with Gasteiger partial charge in [-0.25, -0.2) is 4.98 Å². The van der Waals surface area contributed by atoms with Crippen molar-refractivity contribution in [3.05, 3.63) is 76.2 Å². The molecule has 3 aromatic rings. The van der Waals surface area contributed by atoms with Gasteiger partial charge in [-0.3, -0.25) is 14.9 Å². The molecule has 27 heavy (non-hydrogen) atoms. The van der Waals surface area contributed by atoms with Crippen molar-refractivity contribution in [3.63, 3.8) is 0 Å². The van der Waals surface area contributed by atoms with Crippen LogP contribution in [0.15, 0.2) is 59.2 Å². The first-order valence-electron chi connectivity index (χ1n) is 8.25. The molecule has 8 heteroatoms. The lowest BCUT2D eigenvalue weighted by Gasteiger charge is -2.15. The van der Waals surface area contributed by atoms with E-state index < -0.39 is 4.92 Å². The minimum Gasteiger partial charge on any atom is -0.444 e. The molecule has 1 heterocycles. The van der Waals surface area contributed by atoms with Gasteiger partial charge in [0.1, 0.15) is 6.26 Å². The van der Waals surface area contributed by atoms with Crippen LogP contribution in [-0.4, -0.2) is 34.3 Å².